The second-order valence-electron chi connectivity index (χ2n) is 9.63. The van der Waals surface area contributed by atoms with Crippen molar-refractivity contribution in [2.24, 2.45) is 0 Å². The molecule has 0 aliphatic carbocycles. The molecule has 2 aliphatic heterocycles. The Labute approximate surface area is 224 Å². The number of carbonyl (C=O) groups is 3. The number of rotatable bonds is 10. The molecule has 0 spiro atoms. The normalized spacial score (nSPS) is 18.4. The minimum Gasteiger partial charge on any atom is -0.463 e. The standard InChI is InChI=1S/C30H37N3O5/c1-3-38-30(36)28-22(2)33(27(34)20-26(28)24-10-5-4-6-11-24)21-23-9-7-12-25(19-23)29(35)31-13-8-14-32-15-17-37-18-16-32/h4-7,9-12,19,26H,3,8,13-18,20-21H2,1-2H3,(H,31,35). The van der Waals surface area contributed by atoms with E-state index < -0.39 is 5.97 Å². The third kappa shape index (κ3) is 6.88. The lowest BCUT2D eigenvalue weighted by molar-refractivity contribution is -0.140. The van der Waals surface area contributed by atoms with Crippen molar-refractivity contribution >= 4 is 17.8 Å². The van der Waals surface area contributed by atoms with Gasteiger partial charge in [-0.25, -0.2) is 4.79 Å². The fraction of sp³-hybridized carbons (Fsp3) is 0.433. The molecule has 1 N–H and O–H groups in total. The molecule has 0 bridgehead atoms. The monoisotopic (exact) mass is 519 g/mol. The largest absolute Gasteiger partial charge is 0.463 e. The van der Waals surface area contributed by atoms with Gasteiger partial charge in [0, 0.05) is 43.2 Å². The van der Waals surface area contributed by atoms with E-state index in [1.807, 2.05) is 48.5 Å². The number of hydrogen-bond donors (Lipinski definition) is 1. The van der Waals surface area contributed by atoms with E-state index in [1.54, 1.807) is 24.8 Å². The van der Waals surface area contributed by atoms with E-state index in [-0.39, 0.29) is 37.3 Å². The summed E-state index contributed by atoms with van der Waals surface area (Å²) in [5, 5.41) is 3.00. The SMILES string of the molecule is CCOC(=O)C1=C(C)N(Cc2cccc(C(=O)NCCCN3CCOCC3)c2)C(=O)CC1c1ccccc1. The lowest BCUT2D eigenvalue weighted by Gasteiger charge is -2.34. The molecule has 1 fully saturated rings. The maximum Gasteiger partial charge on any atom is 0.336 e. The van der Waals surface area contributed by atoms with Crippen LogP contribution in [-0.2, 0) is 25.6 Å². The molecule has 2 heterocycles. The van der Waals surface area contributed by atoms with Crippen molar-refractivity contribution in [3.05, 3.63) is 82.6 Å². The molecule has 1 saturated heterocycles. The molecule has 8 heteroatoms. The van der Waals surface area contributed by atoms with E-state index in [9.17, 15) is 14.4 Å². The van der Waals surface area contributed by atoms with Gasteiger partial charge in [0.15, 0.2) is 0 Å². The van der Waals surface area contributed by atoms with Gasteiger partial charge in [0.2, 0.25) is 5.91 Å². The van der Waals surface area contributed by atoms with Crippen molar-refractivity contribution in [2.75, 3.05) is 46.0 Å². The van der Waals surface area contributed by atoms with Crippen LogP contribution in [0.25, 0.3) is 0 Å². The maximum atomic E-state index is 13.3. The number of esters is 1. The van der Waals surface area contributed by atoms with Gasteiger partial charge in [-0.1, -0.05) is 42.5 Å². The summed E-state index contributed by atoms with van der Waals surface area (Å²) in [6.07, 6.45) is 1.05. The molecular formula is C30H37N3O5. The lowest BCUT2D eigenvalue weighted by Crippen LogP contribution is -2.38. The summed E-state index contributed by atoms with van der Waals surface area (Å²) in [7, 11) is 0. The molecule has 2 aromatic carbocycles. The number of amides is 2. The first-order valence-corrected chi connectivity index (χ1v) is 13.4. The Morgan fingerprint density at radius 3 is 2.58 bits per heavy atom. The highest BCUT2D eigenvalue weighted by molar-refractivity contribution is 5.96. The van der Waals surface area contributed by atoms with E-state index >= 15 is 0 Å². The van der Waals surface area contributed by atoms with Gasteiger partial charge in [-0.2, -0.15) is 0 Å². The molecule has 0 aromatic heterocycles. The Morgan fingerprint density at radius 1 is 1.08 bits per heavy atom. The topological polar surface area (TPSA) is 88.2 Å². The molecule has 2 aliphatic rings. The van der Waals surface area contributed by atoms with E-state index in [2.05, 4.69) is 10.2 Å². The fourth-order valence-corrected chi connectivity index (χ4v) is 5.07. The quantitative estimate of drug-likeness (QED) is 0.382. The van der Waals surface area contributed by atoms with E-state index in [1.165, 1.54) is 0 Å². The van der Waals surface area contributed by atoms with Gasteiger partial charge in [-0.05, 0) is 50.1 Å². The average Bonchev–Trinajstić information content (AvgIpc) is 2.94. The molecule has 0 radical (unpaired) electrons. The molecule has 4 rings (SSSR count). The van der Waals surface area contributed by atoms with Gasteiger partial charge >= 0.3 is 5.97 Å². The number of nitrogens with zero attached hydrogens (tertiary/aromatic N) is 2. The number of carbonyl (C=O) groups excluding carboxylic acids is 3. The summed E-state index contributed by atoms with van der Waals surface area (Å²) in [5.74, 6) is -0.958. The van der Waals surface area contributed by atoms with Crippen LogP contribution >= 0.6 is 0 Å². The van der Waals surface area contributed by atoms with Crippen LogP contribution in [0.2, 0.25) is 0 Å². The Bertz CT molecular complexity index is 1160. The number of nitrogens with one attached hydrogen (secondary N) is 1. The molecule has 38 heavy (non-hydrogen) atoms. The summed E-state index contributed by atoms with van der Waals surface area (Å²) >= 11 is 0. The first-order chi connectivity index (χ1) is 18.5. The van der Waals surface area contributed by atoms with Crippen molar-refractivity contribution in [1.29, 1.82) is 0 Å². The van der Waals surface area contributed by atoms with Crippen LogP contribution in [0.15, 0.2) is 65.9 Å². The Balaban J connectivity index is 1.45. The molecule has 0 saturated carbocycles. The van der Waals surface area contributed by atoms with Crippen LogP contribution in [-0.4, -0.2) is 73.6 Å². The zero-order valence-electron chi connectivity index (χ0n) is 22.3. The third-order valence-corrected chi connectivity index (χ3v) is 7.09. The molecule has 2 aromatic rings. The van der Waals surface area contributed by atoms with Crippen LogP contribution in [0, 0.1) is 0 Å². The van der Waals surface area contributed by atoms with Gasteiger partial charge in [0.25, 0.3) is 5.91 Å². The third-order valence-electron chi connectivity index (χ3n) is 7.09. The van der Waals surface area contributed by atoms with Crippen LogP contribution in [0.3, 0.4) is 0 Å². The summed E-state index contributed by atoms with van der Waals surface area (Å²) in [6.45, 7) is 9.02. The maximum absolute atomic E-state index is 13.3. The summed E-state index contributed by atoms with van der Waals surface area (Å²) < 4.78 is 10.7. The molecule has 8 nitrogen and oxygen atoms in total. The first-order valence-electron chi connectivity index (χ1n) is 13.4. The van der Waals surface area contributed by atoms with Crippen molar-refractivity contribution < 1.29 is 23.9 Å². The second-order valence-corrected chi connectivity index (χ2v) is 9.63. The molecule has 202 valence electrons. The van der Waals surface area contributed by atoms with Gasteiger partial charge in [-0.3, -0.25) is 14.5 Å². The minimum absolute atomic E-state index is 0.0673. The summed E-state index contributed by atoms with van der Waals surface area (Å²) in [5.41, 5.74) is 3.38. The van der Waals surface area contributed by atoms with E-state index in [4.69, 9.17) is 9.47 Å². The van der Waals surface area contributed by atoms with Gasteiger partial charge < -0.3 is 19.7 Å². The Morgan fingerprint density at radius 2 is 1.84 bits per heavy atom. The first kappa shape index (κ1) is 27.5. The number of morpholine rings is 1. The summed E-state index contributed by atoms with van der Waals surface area (Å²) in [6, 6.07) is 16.9. The molecular weight excluding hydrogens is 482 g/mol. The zero-order valence-corrected chi connectivity index (χ0v) is 22.3. The van der Waals surface area contributed by atoms with E-state index in [0.29, 0.717) is 23.4 Å². The highest BCUT2D eigenvalue weighted by atomic mass is 16.5. The van der Waals surface area contributed by atoms with Crippen molar-refractivity contribution in [2.45, 2.75) is 39.2 Å². The summed E-state index contributed by atoms with van der Waals surface area (Å²) in [4.78, 5) is 43.0. The minimum atomic E-state index is -0.401. The van der Waals surface area contributed by atoms with Crippen LogP contribution < -0.4 is 5.32 Å². The number of ether oxygens (including phenoxy) is 2. The van der Waals surface area contributed by atoms with E-state index in [0.717, 1.165) is 50.4 Å². The Kier molecular flexibility index (Phi) is 9.67. The van der Waals surface area contributed by atoms with Crippen LogP contribution in [0.1, 0.15) is 54.1 Å². The average molecular weight is 520 g/mol. The number of hydrogen-bond acceptors (Lipinski definition) is 6. The zero-order chi connectivity index (χ0) is 26.9. The second kappa shape index (κ2) is 13.3. The van der Waals surface area contributed by atoms with Gasteiger partial charge in [0.1, 0.15) is 0 Å². The Hall–Kier alpha value is -3.49. The highest BCUT2D eigenvalue weighted by Gasteiger charge is 2.36. The van der Waals surface area contributed by atoms with Gasteiger partial charge in [-0.15, -0.1) is 0 Å². The molecule has 1 unspecified atom stereocenters. The lowest BCUT2D eigenvalue weighted by atomic mass is 9.83. The predicted octanol–water partition coefficient (Wildman–Crippen LogP) is 3.49. The van der Waals surface area contributed by atoms with Gasteiger partial charge in [0.05, 0.1) is 31.9 Å². The van der Waals surface area contributed by atoms with Crippen molar-refractivity contribution in [3.63, 3.8) is 0 Å². The molecule has 2 amide bonds. The fourth-order valence-electron chi connectivity index (χ4n) is 5.07. The van der Waals surface area contributed by atoms with Crippen molar-refractivity contribution in [1.82, 2.24) is 15.1 Å². The van der Waals surface area contributed by atoms with Crippen LogP contribution in [0.5, 0.6) is 0 Å². The number of benzene rings is 2. The predicted molar refractivity (Wildman–Crippen MR) is 144 cm³/mol. The smallest absolute Gasteiger partial charge is 0.336 e. The number of allylic oxidation sites excluding steroid dienone is 1. The van der Waals surface area contributed by atoms with Crippen molar-refractivity contribution in [3.8, 4) is 0 Å². The molecule has 1 atom stereocenters. The van der Waals surface area contributed by atoms with Crippen LogP contribution in [0.4, 0.5) is 0 Å². The highest BCUT2D eigenvalue weighted by Crippen LogP contribution is 2.37.